The first-order valence-corrected chi connectivity index (χ1v) is 5.81. The predicted molar refractivity (Wildman–Crippen MR) is 73.1 cm³/mol. The number of rotatable bonds is 2. The number of hydrogen-bond acceptors (Lipinski definition) is 2. The normalized spacial score (nSPS) is 10.1. The van der Waals surface area contributed by atoms with Crippen LogP contribution in [0.5, 0.6) is 0 Å². The minimum absolute atomic E-state index is 0.785. The highest BCUT2D eigenvalue weighted by molar-refractivity contribution is 9.10. The number of hydrogen-bond donors (Lipinski definition) is 1. The minimum Gasteiger partial charge on any atom is -0.397 e. The summed E-state index contributed by atoms with van der Waals surface area (Å²) in [7, 11) is 2.01. The molecule has 2 rings (SSSR count). The van der Waals surface area contributed by atoms with Crippen molar-refractivity contribution >= 4 is 33.0 Å². The lowest BCUT2D eigenvalue weighted by atomic mass is 10.2. The first kappa shape index (κ1) is 11.0. The first-order chi connectivity index (χ1) is 7.68. The Hall–Kier alpha value is -1.48. The van der Waals surface area contributed by atoms with Crippen molar-refractivity contribution in [1.29, 1.82) is 0 Å². The molecule has 0 spiro atoms. The van der Waals surface area contributed by atoms with E-state index in [0.717, 1.165) is 21.5 Å². The van der Waals surface area contributed by atoms with E-state index < -0.39 is 0 Å². The second-order valence-corrected chi connectivity index (χ2v) is 4.51. The van der Waals surface area contributed by atoms with Crippen molar-refractivity contribution in [2.45, 2.75) is 0 Å². The summed E-state index contributed by atoms with van der Waals surface area (Å²) in [5.74, 6) is 0. The first-order valence-electron chi connectivity index (χ1n) is 5.02. The quantitative estimate of drug-likeness (QED) is 0.846. The average molecular weight is 277 g/mol. The molecule has 3 heteroatoms. The molecule has 0 saturated carbocycles. The van der Waals surface area contributed by atoms with Gasteiger partial charge >= 0.3 is 0 Å². The number of para-hydroxylation sites is 2. The summed E-state index contributed by atoms with van der Waals surface area (Å²) in [4.78, 5) is 2.07. The van der Waals surface area contributed by atoms with Gasteiger partial charge in [0.1, 0.15) is 0 Å². The molecule has 82 valence electrons. The molecule has 0 heterocycles. The SMILES string of the molecule is CN(c1ccc(Br)cc1)c1ccccc1N. The van der Waals surface area contributed by atoms with Crippen LogP contribution >= 0.6 is 15.9 Å². The molecule has 0 aliphatic heterocycles. The fraction of sp³-hybridized carbons (Fsp3) is 0.0769. The molecule has 0 amide bonds. The standard InChI is InChI=1S/C13H13BrN2/c1-16(11-8-6-10(14)7-9-11)13-5-3-2-4-12(13)15/h2-9H,15H2,1H3. The second-order valence-electron chi connectivity index (χ2n) is 3.59. The molecule has 2 aromatic carbocycles. The number of benzene rings is 2. The van der Waals surface area contributed by atoms with Gasteiger partial charge in [-0.2, -0.15) is 0 Å². The zero-order valence-electron chi connectivity index (χ0n) is 9.02. The van der Waals surface area contributed by atoms with E-state index in [1.165, 1.54) is 0 Å². The van der Waals surface area contributed by atoms with E-state index in [9.17, 15) is 0 Å². The van der Waals surface area contributed by atoms with E-state index in [1.807, 2.05) is 43.4 Å². The minimum atomic E-state index is 0.785. The highest BCUT2D eigenvalue weighted by atomic mass is 79.9. The smallest absolute Gasteiger partial charge is 0.0641 e. The third-order valence-corrected chi connectivity index (χ3v) is 3.04. The lowest BCUT2D eigenvalue weighted by molar-refractivity contribution is 1.21. The van der Waals surface area contributed by atoms with Crippen LogP contribution in [0.1, 0.15) is 0 Å². The maximum absolute atomic E-state index is 5.94. The van der Waals surface area contributed by atoms with Crippen molar-refractivity contribution in [2.75, 3.05) is 17.7 Å². The maximum atomic E-state index is 5.94. The van der Waals surface area contributed by atoms with Crippen LogP contribution in [-0.4, -0.2) is 7.05 Å². The van der Waals surface area contributed by atoms with Crippen molar-refractivity contribution in [1.82, 2.24) is 0 Å². The van der Waals surface area contributed by atoms with E-state index in [2.05, 4.69) is 33.0 Å². The highest BCUT2D eigenvalue weighted by Crippen LogP contribution is 2.29. The third-order valence-electron chi connectivity index (χ3n) is 2.51. The van der Waals surface area contributed by atoms with Crippen molar-refractivity contribution in [2.24, 2.45) is 0 Å². The molecule has 0 saturated heterocycles. The number of nitrogen functional groups attached to an aromatic ring is 1. The maximum Gasteiger partial charge on any atom is 0.0641 e. The van der Waals surface area contributed by atoms with E-state index in [1.54, 1.807) is 0 Å². The molecule has 0 radical (unpaired) electrons. The van der Waals surface area contributed by atoms with Gasteiger partial charge in [0.2, 0.25) is 0 Å². The summed E-state index contributed by atoms with van der Waals surface area (Å²) in [6.45, 7) is 0. The van der Waals surface area contributed by atoms with E-state index in [0.29, 0.717) is 0 Å². The molecule has 0 unspecified atom stereocenters. The van der Waals surface area contributed by atoms with Crippen molar-refractivity contribution in [3.05, 3.63) is 53.0 Å². The Morgan fingerprint density at radius 3 is 2.25 bits per heavy atom. The summed E-state index contributed by atoms with van der Waals surface area (Å²) in [5.41, 5.74) is 8.85. The summed E-state index contributed by atoms with van der Waals surface area (Å²) >= 11 is 3.42. The summed E-state index contributed by atoms with van der Waals surface area (Å²) in [6, 6.07) is 16.0. The second kappa shape index (κ2) is 4.58. The molecule has 2 aromatic rings. The van der Waals surface area contributed by atoms with Crippen LogP contribution < -0.4 is 10.6 Å². The Kier molecular flexibility index (Phi) is 3.15. The molecule has 0 fully saturated rings. The van der Waals surface area contributed by atoms with Crippen LogP contribution in [0.15, 0.2) is 53.0 Å². The number of anilines is 3. The zero-order chi connectivity index (χ0) is 11.5. The monoisotopic (exact) mass is 276 g/mol. The van der Waals surface area contributed by atoms with Gasteiger partial charge in [0.15, 0.2) is 0 Å². The van der Waals surface area contributed by atoms with Crippen molar-refractivity contribution in [3.63, 3.8) is 0 Å². The number of nitrogens with two attached hydrogens (primary N) is 1. The fourth-order valence-electron chi connectivity index (χ4n) is 1.60. The van der Waals surface area contributed by atoms with Crippen molar-refractivity contribution in [3.8, 4) is 0 Å². The Labute approximate surface area is 104 Å². The average Bonchev–Trinajstić information content (AvgIpc) is 2.30. The Bertz CT molecular complexity index is 480. The summed E-state index contributed by atoms with van der Waals surface area (Å²) in [5, 5.41) is 0. The summed E-state index contributed by atoms with van der Waals surface area (Å²) < 4.78 is 1.07. The molecule has 0 aromatic heterocycles. The van der Waals surface area contributed by atoms with Crippen LogP contribution in [0.4, 0.5) is 17.1 Å². The van der Waals surface area contributed by atoms with Gasteiger partial charge in [-0.15, -0.1) is 0 Å². The van der Waals surface area contributed by atoms with Crippen LogP contribution in [0.2, 0.25) is 0 Å². The van der Waals surface area contributed by atoms with Gasteiger partial charge in [-0.05, 0) is 36.4 Å². The molecule has 0 aliphatic carbocycles. The number of nitrogens with zero attached hydrogens (tertiary/aromatic N) is 1. The third kappa shape index (κ3) is 2.19. The highest BCUT2D eigenvalue weighted by Gasteiger charge is 2.05. The van der Waals surface area contributed by atoms with Crippen LogP contribution in [-0.2, 0) is 0 Å². The van der Waals surface area contributed by atoms with E-state index in [-0.39, 0.29) is 0 Å². The van der Waals surface area contributed by atoms with Crippen LogP contribution in [0, 0.1) is 0 Å². The lowest BCUT2D eigenvalue weighted by Crippen LogP contribution is -2.11. The van der Waals surface area contributed by atoms with Gasteiger partial charge in [0.05, 0.1) is 11.4 Å². The molecule has 2 nitrogen and oxygen atoms in total. The topological polar surface area (TPSA) is 29.3 Å². The molecule has 16 heavy (non-hydrogen) atoms. The van der Waals surface area contributed by atoms with Crippen LogP contribution in [0.25, 0.3) is 0 Å². The molecular weight excluding hydrogens is 264 g/mol. The van der Waals surface area contributed by atoms with Gasteiger partial charge in [0.25, 0.3) is 0 Å². The predicted octanol–water partition coefficient (Wildman–Crippen LogP) is 3.80. The van der Waals surface area contributed by atoms with Gasteiger partial charge in [-0.25, -0.2) is 0 Å². The van der Waals surface area contributed by atoms with E-state index >= 15 is 0 Å². The van der Waals surface area contributed by atoms with Gasteiger partial charge < -0.3 is 10.6 Å². The number of halogens is 1. The molecule has 0 aliphatic rings. The molecule has 0 bridgehead atoms. The van der Waals surface area contributed by atoms with Crippen LogP contribution in [0.3, 0.4) is 0 Å². The van der Waals surface area contributed by atoms with Crippen molar-refractivity contribution < 1.29 is 0 Å². The molecular formula is C13H13BrN2. The van der Waals surface area contributed by atoms with Gasteiger partial charge in [-0.1, -0.05) is 28.1 Å². The summed E-state index contributed by atoms with van der Waals surface area (Å²) in [6.07, 6.45) is 0. The van der Waals surface area contributed by atoms with E-state index in [4.69, 9.17) is 5.73 Å². The largest absolute Gasteiger partial charge is 0.397 e. The van der Waals surface area contributed by atoms with Gasteiger partial charge in [-0.3, -0.25) is 0 Å². The Morgan fingerprint density at radius 1 is 1.00 bits per heavy atom. The molecule has 2 N–H and O–H groups in total. The molecule has 0 atom stereocenters. The van der Waals surface area contributed by atoms with Gasteiger partial charge in [0, 0.05) is 17.2 Å². The fourth-order valence-corrected chi connectivity index (χ4v) is 1.86. The zero-order valence-corrected chi connectivity index (χ0v) is 10.6. The lowest BCUT2D eigenvalue weighted by Gasteiger charge is -2.21. The Balaban J connectivity index is 2.35. The Morgan fingerprint density at radius 2 is 1.62 bits per heavy atom.